The van der Waals surface area contributed by atoms with Gasteiger partial charge >= 0.3 is 0 Å². The van der Waals surface area contributed by atoms with E-state index >= 15 is 0 Å². The Labute approximate surface area is 818 Å². The van der Waals surface area contributed by atoms with E-state index in [4.69, 9.17) is 34.9 Å². The van der Waals surface area contributed by atoms with Gasteiger partial charge in [-0.15, -0.1) is 0 Å². The average Bonchev–Trinajstić information content (AvgIpc) is 1.51. The van der Waals surface area contributed by atoms with Crippen LogP contribution in [0.15, 0.2) is 492 Å². The monoisotopic (exact) mass is 1800 g/mol. The van der Waals surface area contributed by atoms with Crippen LogP contribution in [0.3, 0.4) is 0 Å². The van der Waals surface area contributed by atoms with Crippen LogP contribution in [-0.2, 0) is 16.2 Å². The summed E-state index contributed by atoms with van der Waals surface area (Å²) in [6.07, 6.45) is 7.39. The molecule has 0 saturated carbocycles. The molecule has 0 unspecified atom stereocenters. The third kappa shape index (κ3) is 14.0. The Hall–Kier alpha value is -18.3. The van der Waals surface area contributed by atoms with E-state index in [2.05, 4.69) is 388 Å². The van der Waals surface area contributed by atoms with Crippen molar-refractivity contribution in [3.63, 3.8) is 0 Å². The molecule has 5 aliphatic carbocycles. The number of fused-ring (bicyclic) bond motifs is 25. The molecule has 9 nitrogen and oxygen atoms in total. The van der Waals surface area contributed by atoms with Crippen LogP contribution in [0, 0.1) is 0 Å². The number of hydrogen-bond acceptors (Lipinski definition) is 9. The summed E-state index contributed by atoms with van der Waals surface area (Å²) in [7, 11) is 0. The highest BCUT2D eigenvalue weighted by atomic mass is 14.9. The maximum absolute atomic E-state index is 5.19. The van der Waals surface area contributed by atoms with Crippen molar-refractivity contribution in [2.24, 2.45) is 0 Å². The zero-order valence-electron chi connectivity index (χ0n) is 77.3. The molecule has 0 fully saturated rings. The van der Waals surface area contributed by atoms with Gasteiger partial charge in [-0.25, -0.2) is 29.9 Å². The summed E-state index contributed by atoms with van der Waals surface area (Å²) in [6.45, 7) is 4.66. The highest BCUT2D eigenvalue weighted by Gasteiger charge is 2.53. The summed E-state index contributed by atoms with van der Waals surface area (Å²) in [5, 5.41) is 2.56. The Bertz CT molecular complexity index is 8390. The van der Waals surface area contributed by atoms with Crippen molar-refractivity contribution in [1.29, 1.82) is 0 Å². The van der Waals surface area contributed by atoms with Gasteiger partial charge in [-0.3, -0.25) is 15.0 Å². The lowest BCUT2D eigenvalue weighted by atomic mass is 9.70. The lowest BCUT2D eigenvalue weighted by molar-refractivity contribution is 0.661. The molecule has 141 heavy (non-hydrogen) atoms. The summed E-state index contributed by atoms with van der Waals surface area (Å²) in [6, 6.07) is 166. The summed E-state index contributed by atoms with van der Waals surface area (Å²) in [5.41, 5.74) is 46.4. The predicted molar refractivity (Wildman–Crippen MR) is 572 cm³/mol. The van der Waals surface area contributed by atoms with Crippen LogP contribution in [0.25, 0.3) is 202 Å². The van der Waals surface area contributed by atoms with Gasteiger partial charge in [0.1, 0.15) is 0 Å². The summed E-state index contributed by atoms with van der Waals surface area (Å²) < 4.78 is 0. The van der Waals surface area contributed by atoms with Gasteiger partial charge in [0, 0.05) is 91.4 Å². The lowest BCUT2D eigenvalue weighted by Gasteiger charge is -2.30. The molecular weight excluding hydrogens is 1710 g/mol. The minimum absolute atomic E-state index is 0.0736. The Kier molecular flexibility index (Phi) is 20.2. The van der Waals surface area contributed by atoms with E-state index in [1.54, 1.807) is 0 Å². The average molecular weight is 1800 g/mol. The van der Waals surface area contributed by atoms with Crippen molar-refractivity contribution in [2.45, 2.75) is 30.1 Å². The second kappa shape index (κ2) is 34.2. The van der Waals surface area contributed by atoms with Crippen LogP contribution in [0.4, 0.5) is 0 Å². The SMILES string of the molecule is CC1(C)c2ccc(-c3cc(-c4ccc(-c5ccncc5)cc4)nc(-c4ccccc4)n3)cc2-c2c1ccc1ccccc21.c1ccc(-c2ccc(-c3cc(-c4ccc5c(c4)-c4ccccc4C54c5ccccc5-c5ccccc54)nc(-c4ccccc4)n3)cn2)cc1.c1ccc(-c2nc(-c3ccc(-c4ccccn4)cc3)cc(-c3ccc4c(c3)-c3ccccc3C43c4ccccc4-c4ccccc43)n2)cc1. The second-order valence-electron chi connectivity index (χ2n) is 37.3. The molecule has 2 spiro atoms. The zero-order valence-corrected chi connectivity index (χ0v) is 77.3. The first-order valence-corrected chi connectivity index (χ1v) is 48.1. The Morgan fingerprint density at radius 1 is 0.170 bits per heavy atom. The third-order valence-corrected chi connectivity index (χ3v) is 29.2. The van der Waals surface area contributed by atoms with E-state index in [0.29, 0.717) is 11.6 Å². The fourth-order valence-corrected chi connectivity index (χ4v) is 22.6. The van der Waals surface area contributed by atoms with E-state index in [-0.39, 0.29) is 16.2 Å². The minimum Gasteiger partial charge on any atom is -0.265 e. The van der Waals surface area contributed by atoms with Crippen LogP contribution in [0.1, 0.15) is 69.5 Å². The van der Waals surface area contributed by atoms with Gasteiger partial charge in [0.25, 0.3) is 0 Å². The van der Waals surface area contributed by atoms with E-state index in [1.807, 2.05) is 128 Å². The van der Waals surface area contributed by atoms with Crippen LogP contribution in [-0.4, -0.2) is 44.9 Å². The van der Waals surface area contributed by atoms with Gasteiger partial charge in [0.15, 0.2) is 17.5 Å². The molecule has 6 heterocycles. The number of benzene rings is 17. The molecule has 9 heteroatoms. The molecule has 6 aromatic heterocycles. The van der Waals surface area contributed by atoms with E-state index in [1.165, 1.54) is 122 Å². The topological polar surface area (TPSA) is 116 Å². The summed E-state index contributed by atoms with van der Waals surface area (Å²) in [4.78, 5) is 44.2. The summed E-state index contributed by atoms with van der Waals surface area (Å²) >= 11 is 0. The third-order valence-electron chi connectivity index (χ3n) is 29.2. The second-order valence-corrected chi connectivity index (χ2v) is 37.3. The fourth-order valence-electron chi connectivity index (χ4n) is 22.6. The molecule has 28 rings (SSSR count). The largest absolute Gasteiger partial charge is 0.265 e. The molecule has 0 aliphatic heterocycles. The number of rotatable bonds is 12. The number of nitrogens with zero attached hydrogens (tertiary/aromatic N) is 9. The van der Waals surface area contributed by atoms with Crippen LogP contribution in [0.2, 0.25) is 0 Å². The van der Waals surface area contributed by atoms with Gasteiger partial charge in [0.05, 0.1) is 56.4 Å². The molecule has 0 amide bonds. The molecule has 23 aromatic rings. The van der Waals surface area contributed by atoms with Gasteiger partial charge in [-0.1, -0.05) is 408 Å². The van der Waals surface area contributed by atoms with Gasteiger partial charge in [-0.2, -0.15) is 0 Å². The highest BCUT2D eigenvalue weighted by Crippen LogP contribution is 2.66. The standard InChI is InChI=1S/2C46H29N3.C40H29N3/c1-3-13-30(14-4-1)42-26-24-33(29-47-42)44-28-43(48-45(49-44)31-15-5-2-6-16-31)32-23-25-41-37(27-32)36-19-9-12-22-40(36)46(41)38-20-10-7-17-34(38)35-18-8-11-21-39(35)46;1-2-12-32(13-3-1)45-48-43(31-23-21-30(22-24-31)42-20-10-11-27-47-42)29-44(49-45)33-25-26-41-37(28-33)36-16-6-9-19-40(36)46(41)38-17-7-4-14-34(38)35-15-5-8-18-39(35)46;1-40(2)34-18-17-31(24-33(34)38-32-11-7-6-8-28(32)16-19-35(38)40)37-25-36(42-39(43-37)30-9-4-3-5-10-30)29-14-12-26(13-15-29)27-20-22-41-23-21-27/h2*1-29H;3-25H,1-2H3. The molecule has 0 bridgehead atoms. The Morgan fingerprint density at radius 2 is 0.468 bits per heavy atom. The van der Waals surface area contributed by atoms with E-state index in [9.17, 15) is 0 Å². The maximum Gasteiger partial charge on any atom is 0.160 e. The van der Waals surface area contributed by atoms with Crippen molar-refractivity contribution in [2.75, 3.05) is 0 Å². The van der Waals surface area contributed by atoms with Gasteiger partial charge < -0.3 is 0 Å². The van der Waals surface area contributed by atoms with Gasteiger partial charge in [-0.05, 0) is 206 Å². The first kappa shape index (κ1) is 83.3. The number of pyridine rings is 3. The van der Waals surface area contributed by atoms with Crippen molar-refractivity contribution in [1.82, 2.24) is 44.9 Å². The molecule has 0 saturated heterocycles. The van der Waals surface area contributed by atoms with Crippen molar-refractivity contribution in [3.8, 4) is 191 Å². The van der Waals surface area contributed by atoms with Crippen LogP contribution in [0.5, 0.6) is 0 Å². The molecule has 5 aliphatic rings. The quantitative estimate of drug-likeness (QED) is 0.118. The van der Waals surface area contributed by atoms with Crippen molar-refractivity contribution < 1.29 is 0 Å². The Balaban J connectivity index is 0.000000109. The van der Waals surface area contributed by atoms with E-state index < -0.39 is 0 Å². The smallest absolute Gasteiger partial charge is 0.160 e. The molecule has 0 atom stereocenters. The molecular formula is C132H87N9. The lowest BCUT2D eigenvalue weighted by Crippen LogP contribution is -2.25. The zero-order chi connectivity index (χ0) is 93.7. The predicted octanol–water partition coefficient (Wildman–Crippen LogP) is 31.8. The van der Waals surface area contributed by atoms with Crippen LogP contribution >= 0.6 is 0 Å². The van der Waals surface area contributed by atoms with Crippen molar-refractivity contribution >= 4 is 10.8 Å². The van der Waals surface area contributed by atoms with Crippen molar-refractivity contribution in [3.05, 3.63) is 548 Å². The number of hydrogen-bond donors (Lipinski definition) is 0. The normalized spacial score (nSPS) is 13.1. The highest BCUT2D eigenvalue weighted by molar-refractivity contribution is 6.04. The minimum atomic E-state index is -0.365. The molecule has 660 valence electrons. The van der Waals surface area contributed by atoms with E-state index in [0.717, 1.165) is 124 Å². The maximum atomic E-state index is 5.19. The van der Waals surface area contributed by atoms with Crippen LogP contribution < -0.4 is 0 Å². The van der Waals surface area contributed by atoms with Gasteiger partial charge in [0.2, 0.25) is 0 Å². The number of aromatic nitrogens is 9. The molecule has 0 N–H and O–H groups in total. The first-order valence-electron chi connectivity index (χ1n) is 48.1. The Morgan fingerprint density at radius 3 is 0.879 bits per heavy atom. The first-order chi connectivity index (χ1) is 69.6. The fraction of sp³-hybridized carbons (Fsp3) is 0.0379. The summed E-state index contributed by atoms with van der Waals surface area (Å²) in [5.74, 6) is 2.12. The molecule has 17 aromatic carbocycles. The molecule has 0 radical (unpaired) electrons.